The number of aryl methyl sites for hydroxylation is 1. The average Bonchev–Trinajstić information content (AvgIpc) is 2.32. The quantitative estimate of drug-likeness (QED) is 0.814. The first kappa shape index (κ1) is 13.6. The normalized spacial score (nSPS) is 16.1. The minimum absolute atomic E-state index is 0.125. The number of alkyl halides is 1. The first-order valence-electron chi connectivity index (χ1n) is 5.48. The molecule has 1 aromatic rings. The van der Waals surface area contributed by atoms with Crippen molar-refractivity contribution in [3.8, 4) is 0 Å². The van der Waals surface area contributed by atoms with E-state index in [1.807, 2.05) is 19.1 Å². The fraction of sp³-hybridized carbons (Fsp3) is 0.462. The number of nitrogens with two attached hydrogens (primary N) is 1. The van der Waals surface area contributed by atoms with Crippen LogP contribution in [-0.2, 0) is 14.9 Å². The van der Waals surface area contributed by atoms with E-state index in [0.29, 0.717) is 5.56 Å². The second kappa shape index (κ2) is 5.27. The highest BCUT2D eigenvalue weighted by Gasteiger charge is 2.46. The number of rotatable bonds is 4. The van der Waals surface area contributed by atoms with Crippen molar-refractivity contribution in [1.82, 2.24) is 0 Å². The Hall–Kier alpha value is -1.42. The number of benzene rings is 1. The molecule has 0 aromatic heterocycles. The predicted molar refractivity (Wildman–Crippen MR) is 64.5 cm³/mol. The molecule has 0 saturated heterocycles. The molecule has 0 bridgehead atoms. The molecule has 4 heteroatoms. The zero-order chi connectivity index (χ0) is 13.1. The minimum Gasteiger partial charge on any atom is -0.468 e. The maximum Gasteiger partial charge on any atom is 0.320 e. The van der Waals surface area contributed by atoms with E-state index in [0.717, 1.165) is 5.56 Å². The van der Waals surface area contributed by atoms with E-state index in [1.54, 1.807) is 12.1 Å². The molecule has 0 radical (unpaired) electrons. The molecular weight excluding hydrogens is 221 g/mol. The molecule has 2 N–H and O–H groups in total. The summed E-state index contributed by atoms with van der Waals surface area (Å²) in [6, 6.07) is 7.08. The maximum atomic E-state index is 13.9. The molecule has 0 spiro atoms. The predicted octanol–water partition coefficient (Wildman–Crippen LogP) is 1.72. The van der Waals surface area contributed by atoms with Crippen LogP contribution in [0.25, 0.3) is 0 Å². The van der Waals surface area contributed by atoms with Crippen LogP contribution in [0.4, 0.5) is 4.39 Å². The molecular formula is C13H18FNO2. The zero-order valence-corrected chi connectivity index (χ0v) is 10.4. The molecule has 3 nitrogen and oxygen atoms in total. The van der Waals surface area contributed by atoms with Gasteiger partial charge in [-0.2, -0.15) is 0 Å². The van der Waals surface area contributed by atoms with Crippen LogP contribution in [0.1, 0.15) is 18.1 Å². The van der Waals surface area contributed by atoms with Crippen molar-refractivity contribution in [2.24, 2.45) is 5.73 Å². The Bertz CT molecular complexity index is 389. The third-order valence-electron chi connectivity index (χ3n) is 3.12. The molecule has 1 aromatic carbocycles. The second-order valence-electron chi connectivity index (χ2n) is 4.15. The number of esters is 1. The summed E-state index contributed by atoms with van der Waals surface area (Å²) in [7, 11) is 1.24. The van der Waals surface area contributed by atoms with Gasteiger partial charge in [-0.05, 0) is 19.4 Å². The minimum atomic E-state index is -1.41. The topological polar surface area (TPSA) is 52.3 Å². The van der Waals surface area contributed by atoms with Crippen LogP contribution in [0.3, 0.4) is 0 Å². The largest absolute Gasteiger partial charge is 0.468 e. The first-order chi connectivity index (χ1) is 7.98. The fourth-order valence-electron chi connectivity index (χ4n) is 1.91. The van der Waals surface area contributed by atoms with Gasteiger partial charge in [-0.15, -0.1) is 0 Å². The van der Waals surface area contributed by atoms with Gasteiger partial charge in [0.2, 0.25) is 0 Å². The van der Waals surface area contributed by atoms with Gasteiger partial charge in [-0.3, -0.25) is 4.79 Å². The van der Waals surface area contributed by atoms with Gasteiger partial charge in [-0.25, -0.2) is 4.39 Å². The Kier molecular flexibility index (Phi) is 4.23. The fourth-order valence-corrected chi connectivity index (χ4v) is 1.91. The van der Waals surface area contributed by atoms with E-state index in [-0.39, 0.29) is 6.54 Å². The summed E-state index contributed by atoms with van der Waals surface area (Å²) >= 11 is 0. The average molecular weight is 239 g/mol. The molecule has 0 aliphatic rings. The first-order valence-corrected chi connectivity index (χ1v) is 5.48. The number of hydrogen-bond acceptors (Lipinski definition) is 3. The van der Waals surface area contributed by atoms with Crippen LogP contribution in [0.5, 0.6) is 0 Å². The van der Waals surface area contributed by atoms with Gasteiger partial charge in [0, 0.05) is 6.54 Å². The van der Waals surface area contributed by atoms with Gasteiger partial charge in [0.15, 0.2) is 0 Å². The van der Waals surface area contributed by atoms with Crippen LogP contribution < -0.4 is 5.73 Å². The molecule has 0 fully saturated rings. The van der Waals surface area contributed by atoms with Gasteiger partial charge >= 0.3 is 5.97 Å². The van der Waals surface area contributed by atoms with E-state index < -0.39 is 17.6 Å². The molecule has 94 valence electrons. The Labute approximate surface area is 101 Å². The lowest BCUT2D eigenvalue weighted by atomic mass is 9.76. The van der Waals surface area contributed by atoms with Crippen LogP contribution in [-0.4, -0.2) is 25.8 Å². The molecule has 0 heterocycles. The van der Waals surface area contributed by atoms with Crippen molar-refractivity contribution >= 4 is 5.97 Å². The van der Waals surface area contributed by atoms with Crippen molar-refractivity contribution in [1.29, 1.82) is 0 Å². The van der Waals surface area contributed by atoms with Crippen LogP contribution in [0.2, 0.25) is 0 Å². The zero-order valence-electron chi connectivity index (χ0n) is 10.4. The van der Waals surface area contributed by atoms with Crippen LogP contribution >= 0.6 is 0 Å². The van der Waals surface area contributed by atoms with E-state index in [4.69, 9.17) is 10.5 Å². The van der Waals surface area contributed by atoms with Gasteiger partial charge in [-0.1, -0.05) is 29.8 Å². The molecule has 0 aliphatic heterocycles. The maximum absolute atomic E-state index is 13.9. The molecule has 1 rings (SSSR count). The SMILES string of the molecule is COC(=O)C(CN)(c1ccc(C)cc1)C(C)F. The smallest absolute Gasteiger partial charge is 0.320 e. The lowest BCUT2D eigenvalue weighted by molar-refractivity contribution is -0.149. The summed E-state index contributed by atoms with van der Waals surface area (Å²) in [5.41, 5.74) is 5.79. The molecule has 17 heavy (non-hydrogen) atoms. The standard InChI is InChI=1S/C13H18FNO2/c1-9-4-6-11(7-5-9)13(8-15,10(2)14)12(16)17-3/h4-7,10H,8,15H2,1-3H3. The summed E-state index contributed by atoms with van der Waals surface area (Å²) in [4.78, 5) is 11.8. The number of halogens is 1. The van der Waals surface area contributed by atoms with E-state index in [9.17, 15) is 9.18 Å². The van der Waals surface area contributed by atoms with Gasteiger partial charge < -0.3 is 10.5 Å². The lowest BCUT2D eigenvalue weighted by Gasteiger charge is -2.31. The monoisotopic (exact) mass is 239 g/mol. The number of carbonyl (C=O) groups is 1. The highest BCUT2D eigenvalue weighted by Crippen LogP contribution is 2.31. The summed E-state index contributed by atoms with van der Waals surface area (Å²) in [5, 5.41) is 0. The van der Waals surface area contributed by atoms with Crippen molar-refractivity contribution < 1.29 is 13.9 Å². The molecule has 2 atom stereocenters. The molecule has 0 aliphatic carbocycles. The summed E-state index contributed by atoms with van der Waals surface area (Å²) in [6.45, 7) is 3.12. The number of carbonyl (C=O) groups excluding carboxylic acids is 1. The van der Waals surface area contributed by atoms with Gasteiger partial charge in [0.1, 0.15) is 11.6 Å². The summed E-state index contributed by atoms with van der Waals surface area (Å²) in [6.07, 6.45) is -1.41. The number of ether oxygens (including phenoxy) is 1. The van der Waals surface area contributed by atoms with E-state index in [2.05, 4.69) is 0 Å². The molecule has 0 amide bonds. The third-order valence-corrected chi connectivity index (χ3v) is 3.12. The summed E-state index contributed by atoms with van der Waals surface area (Å²) in [5.74, 6) is -0.640. The van der Waals surface area contributed by atoms with Crippen LogP contribution in [0, 0.1) is 6.92 Å². The third kappa shape index (κ3) is 2.31. The number of methoxy groups -OCH3 is 1. The lowest BCUT2D eigenvalue weighted by Crippen LogP contribution is -2.50. The van der Waals surface area contributed by atoms with Crippen LogP contribution in [0.15, 0.2) is 24.3 Å². The van der Waals surface area contributed by atoms with Gasteiger partial charge in [0.25, 0.3) is 0 Å². The Morgan fingerprint density at radius 3 is 2.35 bits per heavy atom. The Balaban J connectivity index is 3.31. The number of hydrogen-bond donors (Lipinski definition) is 1. The van der Waals surface area contributed by atoms with E-state index >= 15 is 0 Å². The Morgan fingerprint density at radius 2 is 2.00 bits per heavy atom. The van der Waals surface area contributed by atoms with Crippen molar-refractivity contribution in [3.05, 3.63) is 35.4 Å². The highest BCUT2D eigenvalue weighted by atomic mass is 19.1. The molecule has 0 saturated carbocycles. The van der Waals surface area contributed by atoms with Crippen molar-refractivity contribution in [2.75, 3.05) is 13.7 Å². The summed E-state index contributed by atoms with van der Waals surface area (Å²) < 4.78 is 18.6. The highest BCUT2D eigenvalue weighted by molar-refractivity contribution is 5.84. The van der Waals surface area contributed by atoms with Crippen molar-refractivity contribution in [3.63, 3.8) is 0 Å². The molecule has 2 unspecified atom stereocenters. The second-order valence-corrected chi connectivity index (χ2v) is 4.15. The van der Waals surface area contributed by atoms with Gasteiger partial charge in [0.05, 0.1) is 7.11 Å². The Morgan fingerprint density at radius 1 is 1.47 bits per heavy atom. The van der Waals surface area contributed by atoms with E-state index in [1.165, 1.54) is 14.0 Å². The van der Waals surface area contributed by atoms with Crippen molar-refractivity contribution in [2.45, 2.75) is 25.4 Å².